The summed E-state index contributed by atoms with van der Waals surface area (Å²) in [5, 5.41) is 12.6. The summed E-state index contributed by atoms with van der Waals surface area (Å²) in [6.45, 7) is 3.96. The summed E-state index contributed by atoms with van der Waals surface area (Å²) in [4.78, 5) is 29.4. The van der Waals surface area contributed by atoms with E-state index in [0.717, 1.165) is 22.7 Å². The van der Waals surface area contributed by atoms with Gasteiger partial charge >= 0.3 is 0 Å². The monoisotopic (exact) mass is 399 g/mol. The quantitative estimate of drug-likeness (QED) is 0.611. The van der Waals surface area contributed by atoms with Gasteiger partial charge in [-0.3, -0.25) is 9.59 Å². The molecule has 2 heterocycles. The lowest BCUT2D eigenvalue weighted by Crippen LogP contribution is -2.32. The van der Waals surface area contributed by atoms with Gasteiger partial charge in [0, 0.05) is 22.4 Å². The van der Waals surface area contributed by atoms with E-state index in [1.807, 2.05) is 36.1 Å². The summed E-state index contributed by atoms with van der Waals surface area (Å²) < 4.78 is 0. The maximum Gasteiger partial charge on any atom is 0.253 e. The second kappa shape index (κ2) is 8.92. The second-order valence-electron chi connectivity index (χ2n) is 6.21. The predicted molar refractivity (Wildman–Crippen MR) is 111 cm³/mol. The van der Waals surface area contributed by atoms with Gasteiger partial charge in [-0.05, 0) is 36.9 Å². The zero-order valence-electron chi connectivity index (χ0n) is 15.2. The van der Waals surface area contributed by atoms with Gasteiger partial charge in [-0.25, -0.2) is 4.98 Å². The van der Waals surface area contributed by atoms with Crippen molar-refractivity contribution in [2.75, 3.05) is 5.32 Å². The Kier molecular flexibility index (Phi) is 6.36. The van der Waals surface area contributed by atoms with Crippen molar-refractivity contribution in [1.82, 2.24) is 10.3 Å². The fourth-order valence-corrected chi connectivity index (χ4v) is 3.99. The van der Waals surface area contributed by atoms with Crippen molar-refractivity contribution in [3.8, 4) is 10.6 Å². The minimum Gasteiger partial charge on any atom is -0.350 e. The molecule has 1 atom stereocenters. The van der Waals surface area contributed by atoms with Gasteiger partial charge < -0.3 is 10.6 Å². The van der Waals surface area contributed by atoms with Gasteiger partial charge in [0.2, 0.25) is 5.91 Å². The minimum atomic E-state index is -0.194. The maximum absolute atomic E-state index is 12.5. The Morgan fingerprint density at radius 3 is 2.74 bits per heavy atom. The van der Waals surface area contributed by atoms with Crippen molar-refractivity contribution in [3.05, 3.63) is 57.7 Å². The van der Waals surface area contributed by atoms with Crippen LogP contribution in [0.2, 0.25) is 0 Å². The number of benzene rings is 1. The van der Waals surface area contributed by atoms with Crippen LogP contribution in [-0.2, 0) is 11.2 Å². The summed E-state index contributed by atoms with van der Waals surface area (Å²) in [5.74, 6) is -0.380. The Hall–Kier alpha value is -2.51. The number of carbonyl (C=O) groups is 2. The molecule has 5 nitrogen and oxygen atoms in total. The number of rotatable bonds is 7. The standard InChI is InChI=1S/C20H21N3O2S2/c1-3-13(2)21-19(25)16-6-4-5-7-17(16)23-18(24)10-15-12-27-20(22-15)14-8-9-26-11-14/h4-9,11-13H,3,10H2,1-2H3,(H,21,25)(H,23,24)/t13-/m0/s1. The largest absolute Gasteiger partial charge is 0.350 e. The van der Waals surface area contributed by atoms with Crippen molar-refractivity contribution in [2.45, 2.75) is 32.7 Å². The highest BCUT2D eigenvalue weighted by Crippen LogP contribution is 2.26. The van der Waals surface area contributed by atoms with E-state index in [1.165, 1.54) is 11.3 Å². The van der Waals surface area contributed by atoms with E-state index in [2.05, 4.69) is 15.6 Å². The molecule has 0 fully saturated rings. The van der Waals surface area contributed by atoms with E-state index >= 15 is 0 Å². The molecule has 2 N–H and O–H groups in total. The fourth-order valence-electron chi connectivity index (χ4n) is 2.46. The molecule has 7 heteroatoms. The molecule has 0 aliphatic rings. The fraction of sp³-hybridized carbons (Fsp3) is 0.250. The number of para-hydroxylation sites is 1. The molecule has 0 aliphatic carbocycles. The summed E-state index contributed by atoms with van der Waals surface area (Å²) in [6, 6.07) is 9.12. The van der Waals surface area contributed by atoms with Crippen molar-refractivity contribution >= 4 is 40.2 Å². The first kappa shape index (κ1) is 19.3. The van der Waals surface area contributed by atoms with Crippen molar-refractivity contribution in [1.29, 1.82) is 0 Å². The number of amides is 2. The lowest BCUT2D eigenvalue weighted by molar-refractivity contribution is -0.115. The number of nitrogens with zero attached hydrogens (tertiary/aromatic N) is 1. The number of nitrogens with one attached hydrogen (secondary N) is 2. The van der Waals surface area contributed by atoms with Crippen molar-refractivity contribution in [2.24, 2.45) is 0 Å². The Labute approximate surface area is 166 Å². The average Bonchev–Trinajstić information content (AvgIpc) is 3.33. The third kappa shape index (κ3) is 5.02. The molecule has 27 heavy (non-hydrogen) atoms. The molecular weight excluding hydrogens is 378 g/mol. The van der Waals surface area contributed by atoms with E-state index < -0.39 is 0 Å². The second-order valence-corrected chi connectivity index (χ2v) is 7.85. The van der Waals surface area contributed by atoms with Gasteiger partial charge in [0.25, 0.3) is 5.91 Å². The maximum atomic E-state index is 12.5. The molecular formula is C20H21N3O2S2. The van der Waals surface area contributed by atoms with Crippen LogP contribution in [0.1, 0.15) is 36.3 Å². The molecule has 0 unspecified atom stereocenters. The summed E-state index contributed by atoms with van der Waals surface area (Å²) in [5.41, 5.74) is 2.77. The smallest absolute Gasteiger partial charge is 0.253 e. The number of anilines is 1. The van der Waals surface area contributed by atoms with Crippen LogP contribution in [0.4, 0.5) is 5.69 Å². The van der Waals surface area contributed by atoms with E-state index in [0.29, 0.717) is 11.3 Å². The first-order chi connectivity index (χ1) is 13.1. The molecule has 0 bridgehead atoms. The number of aromatic nitrogens is 1. The number of thiazole rings is 1. The zero-order valence-corrected chi connectivity index (χ0v) is 16.8. The van der Waals surface area contributed by atoms with Crippen LogP contribution in [0.5, 0.6) is 0 Å². The number of hydrogen-bond donors (Lipinski definition) is 2. The average molecular weight is 400 g/mol. The molecule has 1 aromatic carbocycles. The third-order valence-corrected chi connectivity index (χ3v) is 5.72. The SMILES string of the molecule is CC[C@H](C)NC(=O)c1ccccc1NC(=O)Cc1csc(-c2ccsc2)n1. The number of carbonyl (C=O) groups excluding carboxylic acids is 2. The van der Waals surface area contributed by atoms with Crippen molar-refractivity contribution < 1.29 is 9.59 Å². The van der Waals surface area contributed by atoms with Crippen LogP contribution in [0, 0.1) is 0 Å². The molecule has 0 saturated carbocycles. The molecule has 3 aromatic rings. The minimum absolute atomic E-state index is 0.0757. The predicted octanol–water partition coefficient (Wildman–Crippen LogP) is 4.58. The zero-order chi connectivity index (χ0) is 19.2. The molecule has 0 radical (unpaired) electrons. The van der Waals surface area contributed by atoms with Crippen LogP contribution in [0.15, 0.2) is 46.5 Å². The topological polar surface area (TPSA) is 71.1 Å². The van der Waals surface area contributed by atoms with Gasteiger partial charge in [-0.2, -0.15) is 11.3 Å². The lowest BCUT2D eigenvalue weighted by atomic mass is 10.1. The molecule has 3 rings (SSSR count). The lowest BCUT2D eigenvalue weighted by Gasteiger charge is -2.14. The molecule has 140 valence electrons. The Bertz CT molecular complexity index is 919. The molecule has 0 spiro atoms. The van der Waals surface area contributed by atoms with Gasteiger partial charge in [-0.15, -0.1) is 11.3 Å². The van der Waals surface area contributed by atoms with Crippen LogP contribution < -0.4 is 10.6 Å². The molecule has 0 saturated heterocycles. The first-order valence-corrected chi connectivity index (χ1v) is 10.6. The van der Waals surface area contributed by atoms with Gasteiger partial charge in [0.1, 0.15) is 5.01 Å². The Morgan fingerprint density at radius 2 is 2.00 bits per heavy atom. The highest BCUT2D eigenvalue weighted by atomic mass is 32.1. The highest BCUT2D eigenvalue weighted by Gasteiger charge is 2.15. The number of hydrogen-bond acceptors (Lipinski definition) is 5. The van der Waals surface area contributed by atoms with Crippen LogP contribution in [0.3, 0.4) is 0 Å². The van der Waals surface area contributed by atoms with Gasteiger partial charge in [0.15, 0.2) is 0 Å². The van der Waals surface area contributed by atoms with Crippen molar-refractivity contribution in [3.63, 3.8) is 0 Å². The van der Waals surface area contributed by atoms with E-state index in [1.54, 1.807) is 35.6 Å². The van der Waals surface area contributed by atoms with E-state index in [-0.39, 0.29) is 24.3 Å². The Morgan fingerprint density at radius 1 is 1.19 bits per heavy atom. The van der Waals surface area contributed by atoms with Crippen LogP contribution >= 0.6 is 22.7 Å². The number of thiophene rings is 1. The van der Waals surface area contributed by atoms with E-state index in [9.17, 15) is 9.59 Å². The summed E-state index contributed by atoms with van der Waals surface area (Å²) >= 11 is 3.14. The summed E-state index contributed by atoms with van der Waals surface area (Å²) in [6.07, 6.45) is 1.01. The molecule has 2 aromatic heterocycles. The first-order valence-electron chi connectivity index (χ1n) is 8.73. The van der Waals surface area contributed by atoms with Crippen LogP contribution in [-0.4, -0.2) is 22.8 Å². The van der Waals surface area contributed by atoms with E-state index in [4.69, 9.17) is 0 Å². The van der Waals surface area contributed by atoms with Crippen LogP contribution in [0.25, 0.3) is 10.6 Å². The molecule has 2 amide bonds. The summed E-state index contributed by atoms with van der Waals surface area (Å²) in [7, 11) is 0. The Balaban J connectivity index is 1.67. The molecule has 0 aliphatic heterocycles. The third-order valence-electron chi connectivity index (χ3n) is 4.10. The van der Waals surface area contributed by atoms with Gasteiger partial charge in [-0.1, -0.05) is 19.1 Å². The highest BCUT2D eigenvalue weighted by molar-refractivity contribution is 7.14. The normalized spacial score (nSPS) is 11.8. The van der Waals surface area contributed by atoms with Gasteiger partial charge in [0.05, 0.1) is 23.4 Å².